The molecule has 1 fully saturated rings. The number of carbonyl (C=O) groups excluding carboxylic acids is 2. The molecule has 0 aromatic rings. The predicted octanol–water partition coefficient (Wildman–Crippen LogP) is -1.42. The van der Waals surface area contributed by atoms with Crippen LogP contribution in [-0.2, 0) is 9.59 Å². The molecular formula is C8H14N4O2S. The number of thioether (sulfide) groups is 1. The first kappa shape index (κ1) is 12.0. The second-order valence-electron chi connectivity index (χ2n) is 3.28. The molecule has 0 aromatic carbocycles. The molecule has 2 atom stereocenters. The number of ketones is 2. The maximum atomic E-state index is 11.4. The van der Waals surface area contributed by atoms with Crippen LogP contribution in [0.4, 0.5) is 0 Å². The Balaban J connectivity index is 2.35. The molecule has 1 aliphatic rings. The zero-order chi connectivity index (χ0) is 11.4. The molecule has 0 radical (unpaired) electrons. The normalized spacial score (nSPS) is 27.4. The number of hydrazone groups is 1. The standard InChI is InChI=1S/C8H14N4O2S/c9-6(12-11)1-2-15-5-3-4(13)7(10)8(5)14/h5,7H,1-3,10-11H2,(H2,9,12). The van der Waals surface area contributed by atoms with Gasteiger partial charge in [0.25, 0.3) is 0 Å². The van der Waals surface area contributed by atoms with E-state index < -0.39 is 6.04 Å². The maximum absolute atomic E-state index is 11.4. The van der Waals surface area contributed by atoms with E-state index >= 15 is 0 Å². The van der Waals surface area contributed by atoms with Gasteiger partial charge in [0.05, 0.1) is 5.25 Å². The maximum Gasteiger partial charge on any atom is 0.170 e. The summed E-state index contributed by atoms with van der Waals surface area (Å²) >= 11 is 1.38. The predicted molar refractivity (Wildman–Crippen MR) is 59.3 cm³/mol. The number of rotatable bonds is 4. The Bertz CT molecular complexity index is 305. The third-order valence-corrected chi connectivity index (χ3v) is 3.44. The highest BCUT2D eigenvalue weighted by Crippen LogP contribution is 2.24. The van der Waals surface area contributed by atoms with Crippen LogP contribution in [0.25, 0.3) is 0 Å². The average molecular weight is 230 g/mol. The Morgan fingerprint density at radius 1 is 1.53 bits per heavy atom. The van der Waals surface area contributed by atoms with Gasteiger partial charge in [-0.15, -0.1) is 11.8 Å². The molecule has 0 saturated heterocycles. The first-order valence-corrected chi connectivity index (χ1v) is 5.57. The van der Waals surface area contributed by atoms with Gasteiger partial charge in [-0.2, -0.15) is 5.10 Å². The summed E-state index contributed by atoms with van der Waals surface area (Å²) in [6.45, 7) is 0. The Kier molecular flexibility index (Phi) is 4.10. The molecule has 84 valence electrons. The minimum absolute atomic E-state index is 0.182. The SMILES string of the molecule is NN=C(N)CCSC1CC(=O)C(N)C1=O. The van der Waals surface area contributed by atoms with Gasteiger partial charge in [-0.1, -0.05) is 0 Å². The number of nitrogens with two attached hydrogens (primary N) is 3. The number of nitrogens with zero attached hydrogens (tertiary/aromatic N) is 1. The number of hydrogen-bond donors (Lipinski definition) is 3. The van der Waals surface area contributed by atoms with Crippen molar-refractivity contribution >= 4 is 29.2 Å². The van der Waals surface area contributed by atoms with Crippen molar-refractivity contribution in [1.82, 2.24) is 0 Å². The number of amidine groups is 1. The van der Waals surface area contributed by atoms with Gasteiger partial charge in [-0.25, -0.2) is 0 Å². The van der Waals surface area contributed by atoms with Gasteiger partial charge < -0.3 is 17.3 Å². The molecular weight excluding hydrogens is 216 g/mol. The lowest BCUT2D eigenvalue weighted by atomic mass is 10.2. The van der Waals surface area contributed by atoms with Crippen LogP contribution in [0.2, 0.25) is 0 Å². The fourth-order valence-corrected chi connectivity index (χ4v) is 2.49. The minimum Gasteiger partial charge on any atom is -0.386 e. The summed E-state index contributed by atoms with van der Waals surface area (Å²) in [7, 11) is 0. The molecule has 6 nitrogen and oxygen atoms in total. The summed E-state index contributed by atoms with van der Waals surface area (Å²) in [6.07, 6.45) is 0.735. The van der Waals surface area contributed by atoms with Crippen LogP contribution >= 0.6 is 11.8 Å². The highest BCUT2D eigenvalue weighted by atomic mass is 32.2. The second kappa shape index (κ2) is 5.13. The van der Waals surface area contributed by atoms with Crippen LogP contribution in [0.5, 0.6) is 0 Å². The molecule has 0 amide bonds. The van der Waals surface area contributed by atoms with Gasteiger partial charge in [0, 0.05) is 18.6 Å². The number of hydrogen-bond acceptors (Lipinski definition) is 6. The Morgan fingerprint density at radius 2 is 2.20 bits per heavy atom. The van der Waals surface area contributed by atoms with E-state index in [2.05, 4.69) is 5.10 Å². The summed E-state index contributed by atoms with van der Waals surface area (Å²) in [5.41, 5.74) is 10.8. The van der Waals surface area contributed by atoms with Gasteiger partial charge in [0.1, 0.15) is 11.9 Å². The van der Waals surface area contributed by atoms with Crippen molar-refractivity contribution in [1.29, 1.82) is 0 Å². The molecule has 0 aliphatic heterocycles. The Labute approximate surface area is 91.6 Å². The first-order chi connectivity index (χ1) is 7.06. The first-order valence-electron chi connectivity index (χ1n) is 4.52. The largest absolute Gasteiger partial charge is 0.386 e. The molecule has 0 heterocycles. The topological polar surface area (TPSA) is 125 Å². The lowest BCUT2D eigenvalue weighted by Gasteiger charge is -2.06. The summed E-state index contributed by atoms with van der Waals surface area (Å²) < 4.78 is 0. The zero-order valence-corrected chi connectivity index (χ0v) is 9.00. The van der Waals surface area contributed by atoms with Crippen LogP contribution in [-0.4, -0.2) is 34.4 Å². The molecule has 0 spiro atoms. The van der Waals surface area contributed by atoms with E-state index in [1.165, 1.54) is 11.8 Å². The molecule has 1 saturated carbocycles. The average Bonchev–Trinajstić information content (AvgIpc) is 2.46. The summed E-state index contributed by atoms with van der Waals surface area (Å²) in [4.78, 5) is 22.5. The lowest BCUT2D eigenvalue weighted by molar-refractivity contribution is -0.123. The summed E-state index contributed by atoms with van der Waals surface area (Å²) in [5, 5.41) is 2.98. The van der Waals surface area contributed by atoms with E-state index in [4.69, 9.17) is 17.3 Å². The van der Waals surface area contributed by atoms with Crippen molar-refractivity contribution in [2.24, 2.45) is 22.4 Å². The van der Waals surface area contributed by atoms with E-state index in [-0.39, 0.29) is 23.2 Å². The van der Waals surface area contributed by atoms with Crippen molar-refractivity contribution < 1.29 is 9.59 Å². The van der Waals surface area contributed by atoms with Crippen molar-refractivity contribution in [3.05, 3.63) is 0 Å². The smallest absolute Gasteiger partial charge is 0.170 e. The van der Waals surface area contributed by atoms with Crippen LogP contribution in [0.15, 0.2) is 5.10 Å². The lowest BCUT2D eigenvalue weighted by Crippen LogP contribution is -2.33. The van der Waals surface area contributed by atoms with Gasteiger partial charge >= 0.3 is 0 Å². The molecule has 0 aromatic heterocycles. The second-order valence-corrected chi connectivity index (χ2v) is 4.59. The quantitative estimate of drug-likeness (QED) is 0.179. The molecule has 1 aliphatic carbocycles. The van der Waals surface area contributed by atoms with Crippen molar-refractivity contribution in [3.8, 4) is 0 Å². The van der Waals surface area contributed by atoms with E-state index in [0.717, 1.165) is 0 Å². The van der Waals surface area contributed by atoms with E-state index in [0.29, 0.717) is 18.0 Å². The van der Waals surface area contributed by atoms with Gasteiger partial charge in [0.15, 0.2) is 11.6 Å². The molecule has 6 N–H and O–H groups in total. The highest BCUT2D eigenvalue weighted by molar-refractivity contribution is 8.00. The fourth-order valence-electron chi connectivity index (χ4n) is 1.28. The van der Waals surface area contributed by atoms with Crippen molar-refractivity contribution in [2.45, 2.75) is 24.1 Å². The number of Topliss-reactive ketones (excluding diaryl/α,β-unsaturated/α-hetero) is 2. The molecule has 2 unspecified atom stereocenters. The molecule has 1 rings (SSSR count). The van der Waals surface area contributed by atoms with Crippen molar-refractivity contribution in [2.75, 3.05) is 5.75 Å². The third-order valence-electron chi connectivity index (χ3n) is 2.20. The van der Waals surface area contributed by atoms with Crippen LogP contribution in [0, 0.1) is 0 Å². The van der Waals surface area contributed by atoms with E-state index in [9.17, 15) is 9.59 Å². The Hall–Kier alpha value is -1.08. The number of carbonyl (C=O) groups is 2. The van der Waals surface area contributed by atoms with E-state index in [1.807, 2.05) is 0 Å². The zero-order valence-electron chi connectivity index (χ0n) is 8.18. The molecule has 15 heavy (non-hydrogen) atoms. The minimum atomic E-state index is -0.928. The summed E-state index contributed by atoms with van der Waals surface area (Å²) in [6, 6.07) is -0.928. The van der Waals surface area contributed by atoms with Gasteiger partial charge in [0.2, 0.25) is 0 Å². The van der Waals surface area contributed by atoms with Gasteiger partial charge in [-0.05, 0) is 0 Å². The molecule has 7 heteroatoms. The highest BCUT2D eigenvalue weighted by Gasteiger charge is 2.38. The van der Waals surface area contributed by atoms with Gasteiger partial charge in [-0.3, -0.25) is 9.59 Å². The fraction of sp³-hybridized carbons (Fsp3) is 0.625. The van der Waals surface area contributed by atoms with Crippen molar-refractivity contribution in [3.63, 3.8) is 0 Å². The molecule has 0 bridgehead atoms. The van der Waals surface area contributed by atoms with Crippen LogP contribution in [0.3, 0.4) is 0 Å². The third kappa shape index (κ3) is 2.93. The van der Waals surface area contributed by atoms with E-state index in [1.54, 1.807) is 0 Å². The van der Waals surface area contributed by atoms with Crippen LogP contribution < -0.4 is 17.3 Å². The summed E-state index contributed by atoms with van der Waals surface area (Å²) in [5.74, 6) is 5.53. The van der Waals surface area contributed by atoms with Crippen LogP contribution in [0.1, 0.15) is 12.8 Å². The monoisotopic (exact) mass is 230 g/mol. The Morgan fingerprint density at radius 3 is 2.67 bits per heavy atom.